The van der Waals surface area contributed by atoms with Crippen molar-refractivity contribution in [2.24, 2.45) is 0 Å². The quantitative estimate of drug-likeness (QED) is 0.631. The zero-order valence-corrected chi connectivity index (χ0v) is 15.6. The van der Waals surface area contributed by atoms with Crippen molar-refractivity contribution in [3.63, 3.8) is 0 Å². The molecule has 0 bridgehead atoms. The lowest BCUT2D eigenvalue weighted by molar-refractivity contribution is 0.0600. The van der Waals surface area contributed by atoms with Crippen LogP contribution >= 0.6 is 0 Å². The molecule has 0 saturated carbocycles. The van der Waals surface area contributed by atoms with Gasteiger partial charge in [0.15, 0.2) is 0 Å². The maximum Gasteiger partial charge on any atom is 0.340 e. The van der Waals surface area contributed by atoms with Crippen LogP contribution < -0.4 is 4.74 Å². The average molecular weight is 349 g/mol. The predicted octanol–water partition coefficient (Wildman–Crippen LogP) is 4.62. The molecule has 0 unspecified atom stereocenters. The van der Waals surface area contributed by atoms with E-state index < -0.39 is 0 Å². The Balaban J connectivity index is 2.15. The van der Waals surface area contributed by atoms with Gasteiger partial charge in [0.2, 0.25) is 0 Å². The zero-order valence-electron chi connectivity index (χ0n) is 15.6. The van der Waals surface area contributed by atoms with Gasteiger partial charge in [0.1, 0.15) is 5.75 Å². The van der Waals surface area contributed by atoms with E-state index in [-0.39, 0.29) is 5.97 Å². The van der Waals surface area contributed by atoms with E-state index in [2.05, 4.69) is 16.7 Å². The Morgan fingerprint density at radius 1 is 0.923 bits per heavy atom. The number of methoxy groups -OCH3 is 2. The van der Waals surface area contributed by atoms with Gasteiger partial charge in [-0.15, -0.1) is 0 Å². The SMILES string of the molecule is COC(=O)c1c(-c2ccc(OC)cc2)c(C)n(Cc2ccccc2)c1C. The Morgan fingerprint density at radius 2 is 1.58 bits per heavy atom. The van der Waals surface area contributed by atoms with E-state index in [1.807, 2.05) is 56.3 Å². The molecule has 2 aromatic carbocycles. The number of hydrogen-bond donors (Lipinski definition) is 0. The highest BCUT2D eigenvalue weighted by Crippen LogP contribution is 2.34. The van der Waals surface area contributed by atoms with Crippen LogP contribution in [0.1, 0.15) is 27.3 Å². The van der Waals surface area contributed by atoms with Gasteiger partial charge < -0.3 is 14.0 Å². The Kier molecular flexibility index (Phi) is 5.12. The molecule has 26 heavy (non-hydrogen) atoms. The van der Waals surface area contributed by atoms with Gasteiger partial charge in [-0.25, -0.2) is 4.79 Å². The van der Waals surface area contributed by atoms with Gasteiger partial charge in [0, 0.05) is 23.5 Å². The second-order valence-corrected chi connectivity index (χ2v) is 6.21. The number of hydrogen-bond acceptors (Lipinski definition) is 3. The van der Waals surface area contributed by atoms with Crippen molar-refractivity contribution < 1.29 is 14.3 Å². The van der Waals surface area contributed by atoms with Crippen LogP contribution in [-0.4, -0.2) is 24.8 Å². The molecule has 4 heteroatoms. The van der Waals surface area contributed by atoms with Gasteiger partial charge in [0.05, 0.1) is 19.8 Å². The van der Waals surface area contributed by atoms with E-state index >= 15 is 0 Å². The molecule has 0 saturated heterocycles. The van der Waals surface area contributed by atoms with Crippen LogP contribution in [0.3, 0.4) is 0 Å². The molecule has 1 heterocycles. The van der Waals surface area contributed by atoms with E-state index in [1.165, 1.54) is 12.7 Å². The molecule has 0 atom stereocenters. The Labute approximate surface area is 154 Å². The molecule has 1 aromatic heterocycles. The Bertz CT molecular complexity index is 909. The van der Waals surface area contributed by atoms with Crippen LogP contribution in [0, 0.1) is 13.8 Å². The van der Waals surface area contributed by atoms with Crippen LogP contribution in [0.4, 0.5) is 0 Å². The molecule has 0 N–H and O–H groups in total. The lowest BCUT2D eigenvalue weighted by Crippen LogP contribution is -2.07. The lowest BCUT2D eigenvalue weighted by Gasteiger charge is -2.10. The summed E-state index contributed by atoms with van der Waals surface area (Å²) in [4.78, 5) is 12.5. The predicted molar refractivity (Wildman–Crippen MR) is 103 cm³/mol. The van der Waals surface area contributed by atoms with Crippen molar-refractivity contribution in [1.82, 2.24) is 4.57 Å². The summed E-state index contributed by atoms with van der Waals surface area (Å²) in [5, 5.41) is 0. The number of ether oxygens (including phenoxy) is 2. The Morgan fingerprint density at radius 3 is 2.15 bits per heavy atom. The van der Waals surface area contributed by atoms with Gasteiger partial charge in [-0.3, -0.25) is 0 Å². The van der Waals surface area contributed by atoms with Crippen LogP contribution in [0.25, 0.3) is 11.1 Å². The first-order valence-electron chi connectivity index (χ1n) is 8.53. The molecular formula is C22H23NO3. The smallest absolute Gasteiger partial charge is 0.340 e. The normalized spacial score (nSPS) is 10.6. The number of nitrogens with zero attached hydrogens (tertiary/aromatic N) is 1. The summed E-state index contributed by atoms with van der Waals surface area (Å²) >= 11 is 0. The van der Waals surface area contributed by atoms with Crippen LogP contribution in [0.2, 0.25) is 0 Å². The fraction of sp³-hybridized carbons (Fsp3) is 0.227. The van der Waals surface area contributed by atoms with Crippen LogP contribution in [0.15, 0.2) is 54.6 Å². The first-order chi connectivity index (χ1) is 12.6. The fourth-order valence-electron chi connectivity index (χ4n) is 3.35. The number of benzene rings is 2. The topological polar surface area (TPSA) is 40.5 Å². The van der Waals surface area contributed by atoms with E-state index in [4.69, 9.17) is 9.47 Å². The third-order valence-corrected chi connectivity index (χ3v) is 4.74. The number of esters is 1. The van der Waals surface area contributed by atoms with Crippen molar-refractivity contribution in [2.45, 2.75) is 20.4 Å². The van der Waals surface area contributed by atoms with Gasteiger partial charge in [-0.1, -0.05) is 42.5 Å². The number of carbonyl (C=O) groups excluding carboxylic acids is 1. The molecular weight excluding hydrogens is 326 g/mol. The highest BCUT2D eigenvalue weighted by molar-refractivity contribution is 5.99. The number of aromatic nitrogens is 1. The maximum absolute atomic E-state index is 12.5. The number of rotatable bonds is 5. The van der Waals surface area contributed by atoms with Gasteiger partial charge in [0.25, 0.3) is 0 Å². The van der Waals surface area contributed by atoms with E-state index in [1.54, 1.807) is 7.11 Å². The van der Waals surface area contributed by atoms with Gasteiger partial charge in [-0.2, -0.15) is 0 Å². The minimum absolute atomic E-state index is 0.316. The van der Waals surface area contributed by atoms with Crippen LogP contribution in [-0.2, 0) is 11.3 Å². The highest BCUT2D eigenvalue weighted by atomic mass is 16.5. The van der Waals surface area contributed by atoms with Gasteiger partial charge >= 0.3 is 5.97 Å². The molecule has 0 radical (unpaired) electrons. The fourth-order valence-corrected chi connectivity index (χ4v) is 3.35. The second-order valence-electron chi connectivity index (χ2n) is 6.21. The molecule has 4 nitrogen and oxygen atoms in total. The molecule has 0 aliphatic carbocycles. The summed E-state index contributed by atoms with van der Waals surface area (Å²) in [6.45, 7) is 4.72. The minimum atomic E-state index is -0.316. The van der Waals surface area contributed by atoms with Crippen molar-refractivity contribution in [3.8, 4) is 16.9 Å². The first-order valence-corrected chi connectivity index (χ1v) is 8.53. The molecule has 0 amide bonds. The number of carbonyl (C=O) groups is 1. The monoisotopic (exact) mass is 349 g/mol. The summed E-state index contributed by atoms with van der Waals surface area (Å²) in [6, 6.07) is 18.0. The van der Waals surface area contributed by atoms with E-state index in [9.17, 15) is 4.79 Å². The molecule has 3 aromatic rings. The Hall–Kier alpha value is -3.01. The summed E-state index contributed by atoms with van der Waals surface area (Å²) < 4.78 is 12.5. The third kappa shape index (κ3) is 3.23. The van der Waals surface area contributed by atoms with E-state index in [0.717, 1.165) is 28.3 Å². The molecule has 0 aliphatic rings. The summed E-state index contributed by atoms with van der Waals surface area (Å²) in [7, 11) is 3.06. The molecule has 0 aliphatic heterocycles. The largest absolute Gasteiger partial charge is 0.497 e. The highest BCUT2D eigenvalue weighted by Gasteiger charge is 2.24. The minimum Gasteiger partial charge on any atom is -0.497 e. The molecule has 0 spiro atoms. The summed E-state index contributed by atoms with van der Waals surface area (Å²) in [5.74, 6) is 0.467. The van der Waals surface area contributed by atoms with E-state index in [0.29, 0.717) is 12.1 Å². The maximum atomic E-state index is 12.5. The standard InChI is InChI=1S/C22H23NO3/c1-15-20(18-10-12-19(25-3)13-11-18)21(22(24)26-4)16(2)23(15)14-17-8-6-5-7-9-17/h5-13H,14H2,1-4H3. The third-order valence-electron chi connectivity index (χ3n) is 4.74. The molecule has 134 valence electrons. The lowest BCUT2D eigenvalue weighted by atomic mass is 10.0. The summed E-state index contributed by atoms with van der Waals surface area (Å²) in [5.41, 5.74) is 5.63. The van der Waals surface area contributed by atoms with Crippen LogP contribution in [0.5, 0.6) is 5.75 Å². The van der Waals surface area contributed by atoms with Crippen molar-refractivity contribution >= 4 is 5.97 Å². The van der Waals surface area contributed by atoms with Crippen molar-refractivity contribution in [1.29, 1.82) is 0 Å². The first kappa shape index (κ1) is 17.8. The van der Waals surface area contributed by atoms with Gasteiger partial charge in [-0.05, 0) is 37.1 Å². The second kappa shape index (κ2) is 7.48. The van der Waals surface area contributed by atoms with Crippen molar-refractivity contribution in [2.75, 3.05) is 14.2 Å². The van der Waals surface area contributed by atoms with Crippen molar-refractivity contribution in [3.05, 3.63) is 77.1 Å². The average Bonchev–Trinajstić information content (AvgIpc) is 2.93. The summed E-state index contributed by atoms with van der Waals surface area (Å²) in [6.07, 6.45) is 0. The molecule has 0 fully saturated rings. The molecule has 3 rings (SSSR count). The zero-order chi connectivity index (χ0) is 18.7.